The summed E-state index contributed by atoms with van der Waals surface area (Å²) < 4.78 is 3.85. The predicted octanol–water partition coefficient (Wildman–Crippen LogP) is 4.93. The van der Waals surface area contributed by atoms with Gasteiger partial charge in [-0.3, -0.25) is 9.59 Å². The van der Waals surface area contributed by atoms with E-state index in [-0.39, 0.29) is 29.3 Å². The van der Waals surface area contributed by atoms with E-state index in [1.54, 1.807) is 17.7 Å². The molecule has 0 radical (unpaired) electrons. The van der Waals surface area contributed by atoms with Crippen LogP contribution in [0.2, 0.25) is 5.02 Å². The van der Waals surface area contributed by atoms with Crippen molar-refractivity contribution in [2.75, 3.05) is 13.1 Å². The molecule has 4 aromatic rings. The Morgan fingerprint density at radius 1 is 1.08 bits per heavy atom. The first-order valence-electron chi connectivity index (χ1n) is 13.5. The van der Waals surface area contributed by atoms with Crippen LogP contribution in [0.4, 0.5) is 0 Å². The number of para-hydroxylation sites is 1. The fraction of sp³-hybridized carbons (Fsp3) is 0.355. The zero-order chi connectivity index (χ0) is 26.2. The van der Waals surface area contributed by atoms with E-state index in [4.69, 9.17) is 11.6 Å². The number of aromatic nitrogens is 2. The second-order valence-electron chi connectivity index (χ2n) is 10.7. The Hall–Kier alpha value is -3.35. The highest BCUT2D eigenvalue weighted by molar-refractivity contribution is 6.30. The molecule has 1 N–H and O–H groups in total. The number of amides is 1. The van der Waals surface area contributed by atoms with Gasteiger partial charge in [0.15, 0.2) is 0 Å². The van der Waals surface area contributed by atoms with Gasteiger partial charge in [0.2, 0.25) is 5.91 Å². The molecule has 1 aliphatic carbocycles. The second kappa shape index (κ2) is 10.4. The lowest BCUT2D eigenvalue weighted by atomic mass is 9.80. The molecule has 6 nitrogen and oxygen atoms in total. The van der Waals surface area contributed by atoms with Crippen LogP contribution in [0.5, 0.6) is 0 Å². The van der Waals surface area contributed by atoms with Gasteiger partial charge in [-0.25, -0.2) is 0 Å². The Balaban J connectivity index is 1.30. The van der Waals surface area contributed by atoms with Crippen molar-refractivity contribution in [3.05, 3.63) is 105 Å². The van der Waals surface area contributed by atoms with Crippen LogP contribution in [0.25, 0.3) is 10.9 Å². The summed E-state index contributed by atoms with van der Waals surface area (Å²) in [4.78, 5) is 28.6. The Morgan fingerprint density at radius 2 is 1.87 bits per heavy atom. The summed E-state index contributed by atoms with van der Waals surface area (Å²) in [5.74, 6) is 0.0592. The van der Waals surface area contributed by atoms with Crippen molar-refractivity contribution in [2.24, 2.45) is 13.0 Å². The third-order valence-electron chi connectivity index (χ3n) is 8.10. The molecule has 7 heteroatoms. The van der Waals surface area contributed by atoms with Gasteiger partial charge in [-0.15, -0.1) is 0 Å². The number of carbonyl (C=O) groups is 1. The molecular formula is C31H33ClN4O2. The third-order valence-corrected chi connectivity index (χ3v) is 8.36. The zero-order valence-corrected chi connectivity index (χ0v) is 22.4. The van der Waals surface area contributed by atoms with Crippen LogP contribution < -0.4 is 10.9 Å². The topological polar surface area (TPSA) is 59.3 Å². The van der Waals surface area contributed by atoms with Gasteiger partial charge >= 0.3 is 0 Å². The molecule has 0 bridgehead atoms. The number of hydrogen-bond acceptors (Lipinski definition) is 3. The number of aryl methyl sites for hydroxylation is 1. The number of halogens is 1. The quantitative estimate of drug-likeness (QED) is 0.370. The van der Waals surface area contributed by atoms with E-state index in [0.717, 1.165) is 48.5 Å². The summed E-state index contributed by atoms with van der Waals surface area (Å²) in [5, 5.41) is 5.36. The maximum absolute atomic E-state index is 14.2. The molecule has 1 saturated heterocycles. The van der Waals surface area contributed by atoms with Crippen molar-refractivity contribution in [3.8, 4) is 0 Å². The normalized spacial score (nSPS) is 19.5. The van der Waals surface area contributed by atoms with Gasteiger partial charge in [-0.2, -0.15) is 0 Å². The van der Waals surface area contributed by atoms with Crippen molar-refractivity contribution in [2.45, 2.75) is 44.3 Å². The number of nitrogens with zero attached hydrogens (tertiary/aromatic N) is 3. The van der Waals surface area contributed by atoms with E-state index in [1.165, 1.54) is 16.5 Å². The van der Waals surface area contributed by atoms with Crippen LogP contribution in [0.3, 0.4) is 0 Å². The average Bonchev–Trinajstić information content (AvgIpc) is 3.73. The third kappa shape index (κ3) is 5.03. The van der Waals surface area contributed by atoms with Crippen LogP contribution in [-0.2, 0) is 24.9 Å². The van der Waals surface area contributed by atoms with Crippen LogP contribution in [0.15, 0.2) is 77.9 Å². The van der Waals surface area contributed by atoms with Crippen LogP contribution in [0, 0.1) is 5.92 Å². The maximum atomic E-state index is 14.2. The molecule has 38 heavy (non-hydrogen) atoms. The molecule has 2 fully saturated rings. The van der Waals surface area contributed by atoms with E-state index < -0.39 is 0 Å². The monoisotopic (exact) mass is 528 g/mol. The molecule has 0 spiro atoms. The summed E-state index contributed by atoms with van der Waals surface area (Å²) in [6.45, 7) is 2.83. The van der Waals surface area contributed by atoms with E-state index in [1.807, 2.05) is 24.4 Å². The summed E-state index contributed by atoms with van der Waals surface area (Å²) in [7, 11) is 1.76. The van der Waals surface area contributed by atoms with E-state index >= 15 is 0 Å². The first-order valence-corrected chi connectivity index (χ1v) is 13.8. The van der Waals surface area contributed by atoms with Gasteiger partial charge < -0.3 is 19.4 Å². The van der Waals surface area contributed by atoms with Crippen molar-refractivity contribution in [1.82, 2.24) is 19.4 Å². The fourth-order valence-corrected chi connectivity index (χ4v) is 5.97. The van der Waals surface area contributed by atoms with E-state index in [0.29, 0.717) is 13.1 Å². The predicted molar refractivity (Wildman–Crippen MR) is 151 cm³/mol. The van der Waals surface area contributed by atoms with Gasteiger partial charge in [0.25, 0.3) is 5.56 Å². The summed E-state index contributed by atoms with van der Waals surface area (Å²) in [6.07, 6.45) is 6.97. The highest BCUT2D eigenvalue weighted by Gasteiger charge is 2.40. The van der Waals surface area contributed by atoms with Gasteiger partial charge in [0.05, 0.1) is 5.92 Å². The molecular weight excluding hydrogens is 496 g/mol. The molecule has 196 valence electrons. The molecule has 2 aromatic carbocycles. The lowest BCUT2D eigenvalue weighted by molar-refractivity contribution is -0.138. The minimum Gasteiger partial charge on any atom is -0.343 e. The number of nitrogens with one attached hydrogen (secondary N) is 1. The Morgan fingerprint density at radius 3 is 2.63 bits per heavy atom. The Bertz CT molecular complexity index is 1520. The molecule has 3 heterocycles. The van der Waals surface area contributed by atoms with Crippen LogP contribution in [0.1, 0.15) is 41.9 Å². The minimum atomic E-state index is -0.182. The lowest BCUT2D eigenvalue weighted by Crippen LogP contribution is -2.47. The zero-order valence-electron chi connectivity index (χ0n) is 21.6. The number of fused-ring (bicyclic) bond motifs is 1. The average molecular weight is 529 g/mol. The molecule has 2 atom stereocenters. The smallest absolute Gasteiger partial charge is 0.250 e. The molecule has 1 aliphatic heterocycles. The van der Waals surface area contributed by atoms with Crippen LogP contribution in [-0.4, -0.2) is 39.1 Å². The first kappa shape index (κ1) is 25.0. The SMILES string of the molecule is Cn1ccc(C2CCNCC2C(=O)N(Cc2cn(Cc3ccc(Cl)cc3)c3ccccc23)C2CC2)cc1=O. The van der Waals surface area contributed by atoms with Crippen molar-refractivity contribution >= 4 is 28.4 Å². The number of benzene rings is 2. The van der Waals surface area contributed by atoms with Gasteiger partial charge in [0.1, 0.15) is 0 Å². The lowest BCUT2D eigenvalue weighted by Gasteiger charge is -2.35. The molecule has 6 rings (SSSR count). The Kier molecular flexibility index (Phi) is 6.85. The summed E-state index contributed by atoms with van der Waals surface area (Å²) in [5.41, 5.74) is 4.46. The largest absolute Gasteiger partial charge is 0.343 e. The van der Waals surface area contributed by atoms with E-state index in [9.17, 15) is 9.59 Å². The van der Waals surface area contributed by atoms with E-state index in [2.05, 4.69) is 57.4 Å². The van der Waals surface area contributed by atoms with Crippen molar-refractivity contribution < 1.29 is 4.79 Å². The first-order chi connectivity index (χ1) is 18.5. The van der Waals surface area contributed by atoms with Crippen molar-refractivity contribution in [3.63, 3.8) is 0 Å². The number of carbonyl (C=O) groups excluding carboxylic acids is 1. The molecule has 2 aromatic heterocycles. The fourth-order valence-electron chi connectivity index (χ4n) is 5.85. The summed E-state index contributed by atoms with van der Waals surface area (Å²) >= 11 is 6.10. The second-order valence-corrected chi connectivity index (χ2v) is 11.2. The highest BCUT2D eigenvalue weighted by atomic mass is 35.5. The molecule has 2 unspecified atom stereocenters. The van der Waals surface area contributed by atoms with Crippen LogP contribution >= 0.6 is 11.6 Å². The number of piperidine rings is 1. The van der Waals surface area contributed by atoms with Gasteiger partial charge in [-0.05, 0) is 72.7 Å². The maximum Gasteiger partial charge on any atom is 0.250 e. The molecule has 1 amide bonds. The number of hydrogen-bond donors (Lipinski definition) is 1. The van der Waals surface area contributed by atoms with Crippen molar-refractivity contribution in [1.29, 1.82) is 0 Å². The van der Waals surface area contributed by atoms with Gasteiger partial charge in [0, 0.05) is 67.1 Å². The number of rotatable bonds is 7. The minimum absolute atomic E-state index is 0.0280. The Labute approximate surface area is 227 Å². The number of pyridine rings is 1. The highest BCUT2D eigenvalue weighted by Crippen LogP contribution is 2.37. The summed E-state index contributed by atoms with van der Waals surface area (Å²) in [6, 6.07) is 20.4. The standard InChI is InChI=1S/C31H33ClN4O2/c1-34-15-13-22(16-30(34)37)26-12-14-33-17-28(26)31(38)36(25-10-11-25)20-23-19-35(29-5-3-2-4-27(23)29)18-21-6-8-24(32)9-7-21/h2-9,13,15-16,19,25-26,28,33H,10-12,14,17-18,20H2,1H3. The molecule has 2 aliphatic rings. The van der Waals surface area contributed by atoms with Gasteiger partial charge in [-0.1, -0.05) is 41.9 Å². The molecule has 1 saturated carbocycles.